The van der Waals surface area contributed by atoms with E-state index < -0.39 is 5.97 Å². The molecule has 2 rings (SSSR count). The lowest BCUT2D eigenvalue weighted by atomic mass is 10.0. The highest BCUT2D eigenvalue weighted by Crippen LogP contribution is 2.15. The monoisotopic (exact) mass is 269 g/mol. The number of ether oxygens (including phenoxy) is 3. The van der Waals surface area contributed by atoms with Crippen LogP contribution >= 0.6 is 0 Å². The van der Waals surface area contributed by atoms with Crippen LogP contribution < -0.4 is 0 Å². The lowest BCUT2D eigenvalue weighted by molar-refractivity contribution is -0.153. The van der Waals surface area contributed by atoms with Gasteiger partial charge in [0.2, 0.25) is 5.76 Å². The molecular weight excluding hydrogens is 250 g/mol. The number of likely N-dealkylation sites (tertiary alicyclic amines) is 1. The quantitative estimate of drug-likeness (QED) is 0.705. The van der Waals surface area contributed by atoms with Crippen LogP contribution in [-0.2, 0) is 23.8 Å². The van der Waals surface area contributed by atoms with Gasteiger partial charge in [-0.25, -0.2) is 4.79 Å². The molecule has 0 radical (unpaired) electrons. The summed E-state index contributed by atoms with van der Waals surface area (Å²) >= 11 is 0. The van der Waals surface area contributed by atoms with Gasteiger partial charge < -0.3 is 19.1 Å². The second-order valence-corrected chi connectivity index (χ2v) is 4.86. The Hall–Kier alpha value is -1.72. The fraction of sp³-hybridized carbons (Fsp3) is 0.692. The molecule has 2 heterocycles. The van der Waals surface area contributed by atoms with E-state index in [0.717, 1.165) is 25.9 Å². The highest BCUT2D eigenvalue weighted by molar-refractivity contribution is 5.88. The minimum Gasteiger partial charge on any atom is -0.493 e. The molecule has 19 heavy (non-hydrogen) atoms. The molecule has 6 heteroatoms. The maximum Gasteiger partial charge on any atom is 0.377 e. The second-order valence-electron chi connectivity index (χ2n) is 4.86. The lowest BCUT2D eigenvalue weighted by Gasteiger charge is -2.30. The maximum absolute atomic E-state index is 11.9. The molecule has 1 atom stereocenters. The minimum atomic E-state index is -0.655. The van der Waals surface area contributed by atoms with Crippen molar-refractivity contribution >= 4 is 11.9 Å². The summed E-state index contributed by atoms with van der Waals surface area (Å²) in [5.41, 5.74) is 0. The van der Waals surface area contributed by atoms with Crippen LogP contribution in [0.25, 0.3) is 0 Å². The van der Waals surface area contributed by atoms with E-state index in [4.69, 9.17) is 14.2 Å². The van der Waals surface area contributed by atoms with E-state index >= 15 is 0 Å². The van der Waals surface area contributed by atoms with Crippen LogP contribution in [0.5, 0.6) is 0 Å². The number of piperidine rings is 1. The number of nitrogens with zero attached hydrogens (tertiary/aromatic N) is 1. The summed E-state index contributed by atoms with van der Waals surface area (Å²) in [4.78, 5) is 25.2. The van der Waals surface area contributed by atoms with E-state index in [0.29, 0.717) is 19.1 Å². The van der Waals surface area contributed by atoms with Crippen LogP contribution in [0.2, 0.25) is 0 Å². The summed E-state index contributed by atoms with van der Waals surface area (Å²) in [6, 6.07) is 0. The van der Waals surface area contributed by atoms with E-state index in [9.17, 15) is 9.59 Å². The van der Waals surface area contributed by atoms with Gasteiger partial charge in [0.05, 0.1) is 0 Å². The molecule has 106 valence electrons. The van der Waals surface area contributed by atoms with Crippen molar-refractivity contribution in [1.29, 1.82) is 0 Å². The van der Waals surface area contributed by atoms with E-state index in [-0.39, 0.29) is 18.3 Å². The van der Waals surface area contributed by atoms with Gasteiger partial charge in [-0.1, -0.05) is 6.92 Å². The summed E-state index contributed by atoms with van der Waals surface area (Å²) < 4.78 is 15.0. The first-order chi connectivity index (χ1) is 9.16. The van der Waals surface area contributed by atoms with Crippen molar-refractivity contribution in [3.8, 4) is 0 Å². The van der Waals surface area contributed by atoms with Gasteiger partial charge in [0, 0.05) is 13.1 Å². The molecule has 0 unspecified atom stereocenters. The fourth-order valence-corrected chi connectivity index (χ4v) is 2.18. The zero-order valence-electron chi connectivity index (χ0n) is 11.1. The van der Waals surface area contributed by atoms with Gasteiger partial charge in [-0.3, -0.25) is 4.79 Å². The molecule has 1 amide bonds. The number of esters is 1. The third kappa shape index (κ3) is 3.87. The van der Waals surface area contributed by atoms with Crippen molar-refractivity contribution in [2.75, 3.05) is 32.9 Å². The van der Waals surface area contributed by atoms with Crippen molar-refractivity contribution in [3.05, 3.63) is 12.0 Å². The van der Waals surface area contributed by atoms with Crippen LogP contribution in [0, 0.1) is 5.92 Å². The molecule has 2 aliphatic rings. The molecular formula is C13H19NO5. The Kier molecular flexibility index (Phi) is 4.65. The number of amides is 1. The first kappa shape index (κ1) is 13.7. The Labute approximate surface area is 112 Å². The van der Waals surface area contributed by atoms with Gasteiger partial charge >= 0.3 is 5.97 Å². The number of carbonyl (C=O) groups excluding carboxylic acids is 2. The van der Waals surface area contributed by atoms with Crippen LogP contribution in [0.3, 0.4) is 0 Å². The lowest BCUT2D eigenvalue weighted by Crippen LogP contribution is -2.41. The first-order valence-corrected chi connectivity index (χ1v) is 6.56. The van der Waals surface area contributed by atoms with Gasteiger partial charge in [-0.05, 0) is 18.8 Å². The predicted octanol–water partition coefficient (Wildman–Crippen LogP) is 0.676. The van der Waals surface area contributed by atoms with Crippen molar-refractivity contribution in [3.63, 3.8) is 0 Å². The van der Waals surface area contributed by atoms with Crippen LogP contribution in [0.4, 0.5) is 0 Å². The Morgan fingerprint density at radius 1 is 1.47 bits per heavy atom. The molecule has 0 N–H and O–H groups in total. The molecule has 0 aliphatic carbocycles. The van der Waals surface area contributed by atoms with Crippen molar-refractivity contribution < 1.29 is 23.8 Å². The zero-order chi connectivity index (χ0) is 13.7. The Bertz CT molecular complexity index is 379. The van der Waals surface area contributed by atoms with Crippen molar-refractivity contribution in [1.82, 2.24) is 4.90 Å². The van der Waals surface area contributed by atoms with E-state index in [1.807, 2.05) is 0 Å². The Morgan fingerprint density at radius 2 is 2.32 bits per heavy atom. The summed E-state index contributed by atoms with van der Waals surface area (Å²) in [6.45, 7) is 4.08. The SMILES string of the molecule is C[C@@H]1CCCN(C(=O)COC(=O)C2=COCCO2)C1. The average molecular weight is 269 g/mol. The molecule has 6 nitrogen and oxygen atoms in total. The standard InChI is InChI=1S/C13H19NO5/c1-10-3-2-4-14(7-10)12(15)9-19-13(16)11-8-17-5-6-18-11/h8,10H,2-7,9H2,1H3/t10-/m1/s1. The summed E-state index contributed by atoms with van der Waals surface area (Å²) in [5.74, 6) is -0.285. The highest BCUT2D eigenvalue weighted by Gasteiger charge is 2.23. The summed E-state index contributed by atoms with van der Waals surface area (Å²) in [7, 11) is 0. The van der Waals surface area contributed by atoms with E-state index in [2.05, 4.69) is 6.92 Å². The molecule has 0 aromatic heterocycles. The summed E-state index contributed by atoms with van der Waals surface area (Å²) in [5, 5.41) is 0. The zero-order valence-corrected chi connectivity index (χ0v) is 11.1. The smallest absolute Gasteiger partial charge is 0.377 e. The van der Waals surface area contributed by atoms with Crippen molar-refractivity contribution in [2.45, 2.75) is 19.8 Å². The molecule has 0 spiro atoms. The second kappa shape index (κ2) is 6.45. The van der Waals surface area contributed by atoms with Crippen LogP contribution in [0.1, 0.15) is 19.8 Å². The Morgan fingerprint density at radius 3 is 3.00 bits per heavy atom. The first-order valence-electron chi connectivity index (χ1n) is 6.56. The number of rotatable bonds is 3. The normalized spacial score (nSPS) is 22.9. The van der Waals surface area contributed by atoms with Crippen molar-refractivity contribution in [2.24, 2.45) is 5.92 Å². The molecule has 2 aliphatic heterocycles. The average Bonchev–Trinajstić information content (AvgIpc) is 2.45. The summed E-state index contributed by atoms with van der Waals surface area (Å²) in [6.07, 6.45) is 3.36. The number of hydrogen-bond donors (Lipinski definition) is 0. The van der Waals surface area contributed by atoms with E-state index in [1.54, 1.807) is 4.90 Å². The van der Waals surface area contributed by atoms with Gasteiger partial charge in [0.15, 0.2) is 6.61 Å². The molecule has 0 saturated carbocycles. The third-order valence-corrected chi connectivity index (χ3v) is 3.19. The van der Waals surface area contributed by atoms with Crippen LogP contribution in [-0.4, -0.2) is 49.7 Å². The maximum atomic E-state index is 11.9. The highest BCUT2D eigenvalue weighted by atomic mass is 16.6. The van der Waals surface area contributed by atoms with Gasteiger partial charge in [-0.2, -0.15) is 0 Å². The van der Waals surface area contributed by atoms with Gasteiger partial charge in [0.1, 0.15) is 19.5 Å². The van der Waals surface area contributed by atoms with Gasteiger partial charge in [0.25, 0.3) is 5.91 Å². The topological polar surface area (TPSA) is 65.1 Å². The van der Waals surface area contributed by atoms with Gasteiger partial charge in [-0.15, -0.1) is 0 Å². The van der Waals surface area contributed by atoms with Crippen LogP contribution in [0.15, 0.2) is 12.0 Å². The molecule has 0 bridgehead atoms. The van der Waals surface area contributed by atoms with E-state index in [1.165, 1.54) is 6.26 Å². The number of carbonyl (C=O) groups is 2. The largest absolute Gasteiger partial charge is 0.493 e. The minimum absolute atomic E-state index is 0.0195. The number of hydrogen-bond acceptors (Lipinski definition) is 5. The molecule has 0 aromatic rings. The Balaban J connectivity index is 1.76. The third-order valence-electron chi connectivity index (χ3n) is 3.19. The fourth-order valence-electron chi connectivity index (χ4n) is 2.18. The predicted molar refractivity (Wildman–Crippen MR) is 65.9 cm³/mol. The molecule has 1 fully saturated rings. The molecule has 1 saturated heterocycles. The molecule has 0 aromatic carbocycles.